The van der Waals surface area contributed by atoms with Crippen molar-refractivity contribution in [2.45, 2.75) is 45.8 Å². The Morgan fingerprint density at radius 3 is 2.41 bits per heavy atom. The second-order valence-electron chi connectivity index (χ2n) is 7.06. The molecule has 1 aromatic carbocycles. The van der Waals surface area contributed by atoms with Crippen molar-refractivity contribution in [2.24, 2.45) is 0 Å². The number of aromatic nitrogens is 1. The molecular weight excluding hydrogens is 362 g/mol. The largest absolute Gasteiger partial charge is 0.542 e. The summed E-state index contributed by atoms with van der Waals surface area (Å²) < 4.78 is 8.63. The van der Waals surface area contributed by atoms with E-state index >= 15 is 0 Å². The zero-order valence-corrected chi connectivity index (χ0v) is 16.4. The summed E-state index contributed by atoms with van der Waals surface area (Å²) in [6.07, 6.45) is -0.991. The molecule has 0 atom stereocenters. The zero-order valence-electron chi connectivity index (χ0n) is 13.8. The van der Waals surface area contributed by atoms with Crippen LogP contribution in [0.15, 0.2) is 22.7 Å². The predicted molar refractivity (Wildman–Crippen MR) is 95.6 cm³/mol. The summed E-state index contributed by atoms with van der Waals surface area (Å²) in [6, 6.07) is 5.57. The first-order valence-electron chi connectivity index (χ1n) is 7.18. The number of carboxylic acid groups (broad SMARTS) is 1. The van der Waals surface area contributed by atoms with Crippen LogP contribution in [-0.2, 0) is 0 Å². The van der Waals surface area contributed by atoms with E-state index in [1.807, 2.05) is 12.1 Å². The minimum Gasteiger partial charge on any atom is -0.542 e. The van der Waals surface area contributed by atoms with Crippen LogP contribution in [0, 0.1) is 6.92 Å². The van der Waals surface area contributed by atoms with Gasteiger partial charge in [-0.1, -0.05) is 36.7 Å². The molecule has 22 heavy (non-hydrogen) atoms. The molecular formula is C16H22BrNO3Si. The van der Waals surface area contributed by atoms with Crippen molar-refractivity contribution in [2.75, 3.05) is 0 Å². The molecule has 0 fully saturated rings. The highest BCUT2D eigenvalue weighted by Crippen LogP contribution is 2.42. The van der Waals surface area contributed by atoms with Gasteiger partial charge in [0.25, 0.3) is 8.32 Å². The van der Waals surface area contributed by atoms with Gasteiger partial charge in [0.1, 0.15) is 5.75 Å². The Bertz CT molecular complexity index is 744. The van der Waals surface area contributed by atoms with Crippen LogP contribution >= 0.6 is 15.9 Å². The first-order valence-corrected chi connectivity index (χ1v) is 10.9. The molecule has 2 rings (SSSR count). The summed E-state index contributed by atoms with van der Waals surface area (Å²) in [5, 5.41) is 10.4. The summed E-state index contributed by atoms with van der Waals surface area (Å²) >= 11 is 3.46. The van der Waals surface area contributed by atoms with Crippen molar-refractivity contribution in [3.05, 3.63) is 28.4 Å². The van der Waals surface area contributed by atoms with Crippen molar-refractivity contribution >= 4 is 41.2 Å². The van der Waals surface area contributed by atoms with Gasteiger partial charge in [-0.05, 0) is 43.3 Å². The van der Waals surface area contributed by atoms with Crippen LogP contribution in [0.2, 0.25) is 18.1 Å². The Kier molecular flexibility index (Phi) is 4.21. The molecule has 0 spiro atoms. The lowest BCUT2D eigenvalue weighted by Gasteiger charge is -2.36. The highest BCUT2D eigenvalue weighted by atomic mass is 79.9. The average molecular weight is 384 g/mol. The number of carbonyl (C=O) groups is 1. The quantitative estimate of drug-likeness (QED) is 0.684. The number of halogens is 1. The van der Waals surface area contributed by atoms with Crippen molar-refractivity contribution in [1.82, 2.24) is 4.57 Å². The molecule has 1 N–H and O–H groups in total. The van der Waals surface area contributed by atoms with Crippen molar-refractivity contribution in [3.8, 4) is 5.75 Å². The lowest BCUT2D eigenvalue weighted by Crippen LogP contribution is -2.44. The SMILES string of the molecule is Cc1c(O[Si](C)(C)C(C)(C)C)c2cc(Br)ccc2n1C(=O)O. The first kappa shape index (κ1) is 17.1. The Morgan fingerprint density at radius 1 is 1.32 bits per heavy atom. The minimum absolute atomic E-state index is 0.0447. The normalized spacial score (nSPS) is 12.7. The fraction of sp³-hybridized carbons (Fsp3) is 0.438. The van der Waals surface area contributed by atoms with Crippen LogP contribution in [0.4, 0.5) is 4.79 Å². The van der Waals surface area contributed by atoms with Crippen LogP contribution in [0.25, 0.3) is 10.9 Å². The monoisotopic (exact) mass is 383 g/mol. The number of nitrogens with zero attached hydrogens (tertiary/aromatic N) is 1. The van der Waals surface area contributed by atoms with Gasteiger partial charge in [0.05, 0.1) is 11.2 Å². The highest BCUT2D eigenvalue weighted by molar-refractivity contribution is 9.10. The molecule has 0 aliphatic rings. The number of rotatable bonds is 2. The van der Waals surface area contributed by atoms with Crippen LogP contribution in [0.1, 0.15) is 26.5 Å². The van der Waals surface area contributed by atoms with Gasteiger partial charge in [-0.3, -0.25) is 0 Å². The second-order valence-corrected chi connectivity index (χ2v) is 12.7. The van der Waals surface area contributed by atoms with E-state index in [2.05, 4.69) is 49.8 Å². The lowest BCUT2D eigenvalue weighted by atomic mass is 10.2. The Balaban J connectivity index is 2.71. The zero-order chi connectivity index (χ0) is 16.9. The van der Waals surface area contributed by atoms with Gasteiger partial charge in [0.15, 0.2) is 0 Å². The summed E-state index contributed by atoms with van der Waals surface area (Å²) in [6.45, 7) is 12.6. The van der Waals surface area contributed by atoms with Crippen LogP contribution in [-0.4, -0.2) is 24.1 Å². The van der Waals surface area contributed by atoms with E-state index in [1.54, 1.807) is 13.0 Å². The van der Waals surface area contributed by atoms with Gasteiger partial charge >= 0.3 is 6.09 Å². The van der Waals surface area contributed by atoms with E-state index in [4.69, 9.17) is 4.43 Å². The molecule has 4 nitrogen and oxygen atoms in total. The maximum Gasteiger partial charge on any atom is 0.416 e. The smallest absolute Gasteiger partial charge is 0.416 e. The number of hydrogen-bond donors (Lipinski definition) is 1. The molecule has 0 saturated heterocycles. The van der Waals surface area contributed by atoms with Gasteiger partial charge in [-0.2, -0.15) is 0 Å². The molecule has 0 aliphatic carbocycles. The maximum absolute atomic E-state index is 11.6. The number of fused-ring (bicyclic) bond motifs is 1. The Labute approximate surface area is 140 Å². The lowest BCUT2D eigenvalue weighted by molar-refractivity contribution is 0.197. The molecule has 0 saturated carbocycles. The third kappa shape index (κ3) is 2.81. The first-order chi connectivity index (χ1) is 9.95. The second kappa shape index (κ2) is 5.42. The van der Waals surface area contributed by atoms with Gasteiger partial charge in [-0.25, -0.2) is 9.36 Å². The van der Waals surface area contributed by atoms with Gasteiger partial charge < -0.3 is 9.53 Å². The maximum atomic E-state index is 11.6. The van der Waals surface area contributed by atoms with Crippen molar-refractivity contribution in [3.63, 3.8) is 0 Å². The predicted octanol–water partition coefficient (Wildman–Crippen LogP) is 5.62. The summed E-state index contributed by atoms with van der Waals surface area (Å²) in [5.41, 5.74) is 1.28. The summed E-state index contributed by atoms with van der Waals surface area (Å²) in [4.78, 5) is 11.6. The molecule has 120 valence electrons. The van der Waals surface area contributed by atoms with E-state index in [-0.39, 0.29) is 5.04 Å². The fourth-order valence-corrected chi connectivity index (χ4v) is 3.58. The topological polar surface area (TPSA) is 51.5 Å². The van der Waals surface area contributed by atoms with Crippen molar-refractivity contribution in [1.29, 1.82) is 0 Å². The molecule has 0 aliphatic heterocycles. The van der Waals surface area contributed by atoms with E-state index in [0.717, 1.165) is 9.86 Å². The minimum atomic E-state index is -2.05. The fourth-order valence-electron chi connectivity index (χ4n) is 2.15. The van der Waals surface area contributed by atoms with E-state index in [1.165, 1.54) is 4.57 Å². The molecule has 0 unspecified atom stereocenters. The summed E-state index contributed by atoms with van der Waals surface area (Å²) in [5.74, 6) is 0.685. The molecule has 1 aromatic heterocycles. The van der Waals surface area contributed by atoms with E-state index in [0.29, 0.717) is 17.0 Å². The van der Waals surface area contributed by atoms with Crippen molar-refractivity contribution < 1.29 is 14.3 Å². The number of benzene rings is 1. The molecule has 0 radical (unpaired) electrons. The van der Waals surface area contributed by atoms with Crippen LogP contribution in [0.5, 0.6) is 5.75 Å². The van der Waals surface area contributed by atoms with E-state index < -0.39 is 14.4 Å². The molecule has 0 bridgehead atoms. The Morgan fingerprint density at radius 2 is 1.91 bits per heavy atom. The van der Waals surface area contributed by atoms with E-state index in [9.17, 15) is 9.90 Å². The standard InChI is InChI=1S/C16H22BrNO3Si/c1-10-14(21-22(5,6)16(2,3)4)12-9-11(17)7-8-13(12)18(10)15(19)20/h7-9H,1-6H3,(H,19,20). The third-order valence-corrected chi connectivity index (χ3v) is 9.28. The molecule has 2 aromatic rings. The summed E-state index contributed by atoms with van der Waals surface area (Å²) in [7, 11) is -2.05. The van der Waals surface area contributed by atoms with Gasteiger partial charge in [0.2, 0.25) is 0 Å². The Hall–Kier alpha value is -1.27. The van der Waals surface area contributed by atoms with Crippen LogP contribution < -0.4 is 4.43 Å². The molecule has 1 heterocycles. The van der Waals surface area contributed by atoms with Crippen LogP contribution in [0.3, 0.4) is 0 Å². The van der Waals surface area contributed by atoms with Gasteiger partial charge in [0, 0.05) is 9.86 Å². The molecule has 6 heteroatoms. The number of hydrogen-bond acceptors (Lipinski definition) is 2. The van der Waals surface area contributed by atoms with Gasteiger partial charge in [-0.15, -0.1) is 0 Å². The third-order valence-electron chi connectivity index (χ3n) is 4.46. The highest BCUT2D eigenvalue weighted by Gasteiger charge is 2.40. The molecule has 0 amide bonds. The average Bonchev–Trinajstić information content (AvgIpc) is 2.61.